The maximum absolute atomic E-state index is 12.1. The van der Waals surface area contributed by atoms with E-state index in [1.54, 1.807) is 0 Å². The van der Waals surface area contributed by atoms with Gasteiger partial charge >= 0.3 is 0 Å². The standard InChI is InChI=1S/C13H25N3O/c1-16-8-7-10(9-16)13(17)15-12-6-4-2-3-5-11(12)14/h10-12H,2-9,14H2,1H3,(H,15,17). The highest BCUT2D eigenvalue weighted by atomic mass is 16.2. The molecule has 2 rings (SSSR count). The van der Waals surface area contributed by atoms with Crippen molar-refractivity contribution in [2.45, 2.75) is 50.6 Å². The van der Waals surface area contributed by atoms with Gasteiger partial charge in [-0.1, -0.05) is 19.3 Å². The molecular weight excluding hydrogens is 214 g/mol. The second kappa shape index (κ2) is 5.83. The first-order chi connectivity index (χ1) is 8.16. The largest absolute Gasteiger partial charge is 0.352 e. The first-order valence-corrected chi connectivity index (χ1v) is 6.91. The number of amides is 1. The third-order valence-electron chi connectivity index (χ3n) is 4.16. The number of nitrogens with one attached hydrogen (secondary N) is 1. The van der Waals surface area contributed by atoms with Crippen molar-refractivity contribution in [3.05, 3.63) is 0 Å². The van der Waals surface area contributed by atoms with Crippen LogP contribution < -0.4 is 11.1 Å². The van der Waals surface area contributed by atoms with Gasteiger partial charge in [-0.3, -0.25) is 4.79 Å². The summed E-state index contributed by atoms with van der Waals surface area (Å²) in [6.45, 7) is 1.93. The van der Waals surface area contributed by atoms with E-state index in [0.717, 1.165) is 32.4 Å². The van der Waals surface area contributed by atoms with Crippen LogP contribution in [-0.2, 0) is 4.79 Å². The minimum Gasteiger partial charge on any atom is -0.352 e. The highest BCUT2D eigenvalue weighted by molar-refractivity contribution is 5.79. The molecule has 1 saturated heterocycles. The highest BCUT2D eigenvalue weighted by Crippen LogP contribution is 2.19. The number of carbonyl (C=O) groups excluding carboxylic acids is 1. The van der Waals surface area contributed by atoms with Gasteiger partial charge < -0.3 is 16.0 Å². The van der Waals surface area contributed by atoms with Crippen LogP contribution in [0.3, 0.4) is 0 Å². The van der Waals surface area contributed by atoms with Crippen LogP contribution in [0.2, 0.25) is 0 Å². The molecular formula is C13H25N3O. The predicted octanol–water partition coefficient (Wildman–Crippen LogP) is 0.714. The van der Waals surface area contributed by atoms with E-state index in [-0.39, 0.29) is 23.9 Å². The lowest BCUT2D eigenvalue weighted by Gasteiger charge is -2.24. The summed E-state index contributed by atoms with van der Waals surface area (Å²) >= 11 is 0. The summed E-state index contributed by atoms with van der Waals surface area (Å²) in [5, 5.41) is 3.18. The van der Waals surface area contributed by atoms with Crippen LogP contribution in [-0.4, -0.2) is 43.0 Å². The fourth-order valence-electron chi connectivity index (χ4n) is 2.97. The quantitative estimate of drug-likeness (QED) is 0.698. The first kappa shape index (κ1) is 12.8. The Morgan fingerprint density at radius 1 is 1.24 bits per heavy atom. The smallest absolute Gasteiger partial charge is 0.224 e. The van der Waals surface area contributed by atoms with Gasteiger partial charge in [0.1, 0.15) is 0 Å². The Morgan fingerprint density at radius 2 is 2.00 bits per heavy atom. The Hall–Kier alpha value is -0.610. The van der Waals surface area contributed by atoms with Crippen molar-refractivity contribution in [1.29, 1.82) is 0 Å². The van der Waals surface area contributed by atoms with Crippen molar-refractivity contribution < 1.29 is 4.79 Å². The molecule has 0 spiro atoms. The van der Waals surface area contributed by atoms with Gasteiger partial charge in [0.2, 0.25) is 5.91 Å². The van der Waals surface area contributed by atoms with E-state index < -0.39 is 0 Å². The van der Waals surface area contributed by atoms with Crippen LogP contribution in [0.5, 0.6) is 0 Å². The highest BCUT2D eigenvalue weighted by Gasteiger charge is 2.29. The molecule has 4 heteroatoms. The van der Waals surface area contributed by atoms with Crippen molar-refractivity contribution in [3.8, 4) is 0 Å². The fourth-order valence-corrected chi connectivity index (χ4v) is 2.97. The first-order valence-electron chi connectivity index (χ1n) is 6.91. The molecule has 98 valence electrons. The van der Waals surface area contributed by atoms with E-state index in [1.807, 2.05) is 0 Å². The Morgan fingerprint density at radius 3 is 2.71 bits per heavy atom. The van der Waals surface area contributed by atoms with Crippen LogP contribution in [0, 0.1) is 5.92 Å². The number of rotatable bonds is 2. The minimum absolute atomic E-state index is 0.153. The summed E-state index contributed by atoms with van der Waals surface area (Å²) in [4.78, 5) is 14.3. The predicted molar refractivity (Wildman–Crippen MR) is 68.6 cm³/mol. The van der Waals surface area contributed by atoms with E-state index in [4.69, 9.17) is 5.73 Å². The van der Waals surface area contributed by atoms with Crippen molar-refractivity contribution in [1.82, 2.24) is 10.2 Å². The number of hydrogen-bond acceptors (Lipinski definition) is 3. The van der Waals surface area contributed by atoms with Gasteiger partial charge in [0.05, 0.1) is 5.92 Å². The Bertz CT molecular complexity index is 269. The monoisotopic (exact) mass is 239 g/mol. The Kier molecular flexibility index (Phi) is 4.40. The normalized spacial score (nSPS) is 35.5. The zero-order valence-corrected chi connectivity index (χ0v) is 10.8. The molecule has 1 aliphatic heterocycles. The van der Waals surface area contributed by atoms with Crippen LogP contribution in [0.4, 0.5) is 0 Å². The number of nitrogens with two attached hydrogens (primary N) is 1. The molecule has 0 aromatic rings. The zero-order valence-electron chi connectivity index (χ0n) is 10.8. The number of hydrogen-bond donors (Lipinski definition) is 2. The molecule has 2 fully saturated rings. The fraction of sp³-hybridized carbons (Fsp3) is 0.923. The second-order valence-electron chi connectivity index (χ2n) is 5.66. The topological polar surface area (TPSA) is 58.4 Å². The van der Waals surface area contributed by atoms with Crippen molar-refractivity contribution in [2.24, 2.45) is 11.7 Å². The Balaban J connectivity index is 1.84. The maximum Gasteiger partial charge on any atom is 0.224 e. The average molecular weight is 239 g/mol. The van der Waals surface area contributed by atoms with Crippen LogP contribution in [0.25, 0.3) is 0 Å². The van der Waals surface area contributed by atoms with Crippen molar-refractivity contribution >= 4 is 5.91 Å². The number of nitrogens with zero attached hydrogens (tertiary/aromatic N) is 1. The van der Waals surface area contributed by atoms with Crippen LogP contribution >= 0.6 is 0 Å². The third-order valence-corrected chi connectivity index (χ3v) is 4.16. The molecule has 1 aliphatic carbocycles. The van der Waals surface area contributed by atoms with E-state index in [2.05, 4.69) is 17.3 Å². The molecule has 3 unspecified atom stereocenters. The molecule has 0 bridgehead atoms. The lowest BCUT2D eigenvalue weighted by Crippen LogP contribution is -2.49. The maximum atomic E-state index is 12.1. The third kappa shape index (κ3) is 3.42. The van der Waals surface area contributed by atoms with Crippen LogP contribution in [0.1, 0.15) is 38.5 Å². The molecule has 1 amide bonds. The van der Waals surface area contributed by atoms with Gasteiger partial charge in [0, 0.05) is 18.6 Å². The van der Waals surface area contributed by atoms with Crippen molar-refractivity contribution in [2.75, 3.05) is 20.1 Å². The van der Waals surface area contributed by atoms with Gasteiger partial charge in [0.25, 0.3) is 0 Å². The lowest BCUT2D eigenvalue weighted by atomic mass is 10.0. The molecule has 0 aromatic carbocycles. The second-order valence-corrected chi connectivity index (χ2v) is 5.66. The van der Waals surface area contributed by atoms with E-state index >= 15 is 0 Å². The number of likely N-dealkylation sites (tertiary alicyclic amines) is 1. The summed E-state index contributed by atoms with van der Waals surface area (Å²) < 4.78 is 0. The van der Waals surface area contributed by atoms with Gasteiger partial charge in [0.15, 0.2) is 0 Å². The van der Waals surface area contributed by atoms with Gasteiger partial charge in [-0.25, -0.2) is 0 Å². The number of carbonyl (C=O) groups is 1. The molecule has 3 atom stereocenters. The molecule has 0 radical (unpaired) electrons. The van der Waals surface area contributed by atoms with Crippen molar-refractivity contribution in [3.63, 3.8) is 0 Å². The summed E-state index contributed by atoms with van der Waals surface area (Å²) in [5.74, 6) is 0.396. The minimum atomic E-state index is 0.153. The summed E-state index contributed by atoms with van der Waals surface area (Å²) in [7, 11) is 2.07. The molecule has 17 heavy (non-hydrogen) atoms. The van der Waals surface area contributed by atoms with E-state index in [9.17, 15) is 4.79 Å². The molecule has 1 heterocycles. The molecule has 3 N–H and O–H groups in total. The Labute approximate surface area is 104 Å². The summed E-state index contributed by atoms with van der Waals surface area (Å²) in [6.07, 6.45) is 6.75. The average Bonchev–Trinajstić information content (AvgIpc) is 2.63. The van der Waals surface area contributed by atoms with E-state index in [0.29, 0.717) is 0 Å². The van der Waals surface area contributed by atoms with E-state index in [1.165, 1.54) is 19.3 Å². The summed E-state index contributed by atoms with van der Waals surface area (Å²) in [5.41, 5.74) is 6.13. The molecule has 4 nitrogen and oxygen atoms in total. The molecule has 0 aromatic heterocycles. The zero-order chi connectivity index (χ0) is 12.3. The van der Waals surface area contributed by atoms with Gasteiger partial charge in [-0.05, 0) is 32.9 Å². The van der Waals surface area contributed by atoms with Crippen LogP contribution in [0.15, 0.2) is 0 Å². The van der Waals surface area contributed by atoms with Gasteiger partial charge in [-0.2, -0.15) is 0 Å². The summed E-state index contributed by atoms with van der Waals surface area (Å²) in [6, 6.07) is 0.358. The SMILES string of the molecule is CN1CCC(C(=O)NC2CCCCCC2N)C1. The molecule has 1 saturated carbocycles. The molecule has 2 aliphatic rings. The lowest BCUT2D eigenvalue weighted by molar-refractivity contribution is -0.125. The van der Waals surface area contributed by atoms with Gasteiger partial charge in [-0.15, -0.1) is 0 Å².